The van der Waals surface area contributed by atoms with Crippen LogP contribution in [0.3, 0.4) is 0 Å². The molecule has 0 saturated carbocycles. The maximum Gasteiger partial charge on any atom is 0.410 e. The van der Waals surface area contributed by atoms with Crippen LogP contribution in [-0.2, 0) is 20.8 Å². The molecule has 4 atom stereocenters. The Bertz CT molecular complexity index is 1070. The second-order valence-electron chi connectivity index (χ2n) is 13.9. The number of benzene rings is 1. The van der Waals surface area contributed by atoms with E-state index in [1.54, 1.807) is 4.90 Å². The van der Waals surface area contributed by atoms with Crippen LogP contribution < -0.4 is 5.32 Å². The number of aliphatic hydroxyl groups is 1. The molecule has 4 unspecified atom stereocenters. The summed E-state index contributed by atoms with van der Waals surface area (Å²) in [6.45, 7) is 14.3. The lowest BCUT2D eigenvalue weighted by molar-refractivity contribution is 0.0223. The summed E-state index contributed by atoms with van der Waals surface area (Å²) >= 11 is 0. The number of nitrogens with one attached hydrogen (secondary N) is 1. The Morgan fingerprint density at radius 2 is 1.24 bits per heavy atom. The van der Waals surface area contributed by atoms with Crippen molar-refractivity contribution in [2.45, 2.75) is 137 Å². The van der Waals surface area contributed by atoms with E-state index in [0.29, 0.717) is 25.2 Å². The molecule has 2 N–H and O–H groups in total. The molecule has 0 radical (unpaired) electrons. The lowest BCUT2D eigenvalue weighted by Crippen LogP contribution is -2.45. The molecular formula is C35H62N4O7. The fraction of sp³-hybridized carbons (Fsp3) is 0.743. The third-order valence-electron chi connectivity index (χ3n) is 8.03. The van der Waals surface area contributed by atoms with Gasteiger partial charge in [0.1, 0.15) is 17.8 Å². The Hall–Kier alpha value is -3.05. The first-order valence-corrected chi connectivity index (χ1v) is 15.9. The zero-order chi connectivity index (χ0) is 32.5. The van der Waals surface area contributed by atoms with Gasteiger partial charge >= 0.3 is 18.3 Å². The minimum Gasteiger partial charge on any atom is -0.445 e. The number of nitrogens with zero attached hydrogens (tertiary/aromatic N) is 3. The first-order valence-electron chi connectivity index (χ1n) is 15.9. The molecule has 4 fully saturated rings. The van der Waals surface area contributed by atoms with Gasteiger partial charge in [0, 0.05) is 51.4 Å². The van der Waals surface area contributed by atoms with Crippen molar-refractivity contribution in [3.63, 3.8) is 0 Å². The van der Waals surface area contributed by atoms with E-state index in [1.165, 1.54) is 12.8 Å². The lowest BCUT2D eigenvalue weighted by atomic mass is 10.1. The maximum atomic E-state index is 12.7. The highest BCUT2D eigenvalue weighted by atomic mass is 16.6. The standard InChI is InChI=1S/C20H28N2O4.C12H22N2O2.CH4O.2CH4/c1-20(2,3)26-18(23)21-12-11-16-9-10-17(13-21)22(16)19(24)25-14-15-7-5-4-6-8-15;1-12(2,3)16-11(15)14-7-6-9-4-5-10(8-14)13-9;1-2;;/h4-8,16-17H,9-14H2,1-3H3;9-10,13H,4-8H2,1-3H3;2H,1H3;2*1H4. The number of hydrogen-bond acceptors (Lipinski definition) is 8. The smallest absolute Gasteiger partial charge is 0.410 e. The van der Waals surface area contributed by atoms with E-state index in [2.05, 4.69) is 5.32 Å². The molecular weight excluding hydrogens is 588 g/mol. The average Bonchev–Trinajstić information content (AvgIpc) is 3.43. The van der Waals surface area contributed by atoms with E-state index in [4.69, 9.17) is 19.3 Å². The maximum absolute atomic E-state index is 12.7. The Kier molecular flexibility index (Phi) is 16.3. The van der Waals surface area contributed by atoms with Gasteiger partial charge in [-0.3, -0.25) is 0 Å². The first-order chi connectivity index (χ1) is 20.8. The molecule has 3 amide bonds. The fourth-order valence-corrected chi connectivity index (χ4v) is 6.09. The van der Waals surface area contributed by atoms with Crippen LogP contribution in [0.5, 0.6) is 0 Å². The summed E-state index contributed by atoms with van der Waals surface area (Å²) in [6, 6.07) is 10.9. The van der Waals surface area contributed by atoms with Crippen molar-refractivity contribution in [3.8, 4) is 0 Å². The van der Waals surface area contributed by atoms with Gasteiger partial charge in [0.05, 0.1) is 6.04 Å². The molecule has 4 heterocycles. The van der Waals surface area contributed by atoms with Crippen LogP contribution in [-0.4, -0.2) is 107 Å². The Balaban J connectivity index is 0.000000458. The molecule has 4 aliphatic rings. The lowest BCUT2D eigenvalue weighted by Gasteiger charge is -2.29. The van der Waals surface area contributed by atoms with E-state index in [0.717, 1.165) is 51.4 Å². The number of ether oxygens (including phenoxy) is 3. The number of carbonyl (C=O) groups is 3. The van der Waals surface area contributed by atoms with Crippen LogP contribution in [0.1, 0.15) is 100 Å². The molecule has 264 valence electrons. The summed E-state index contributed by atoms with van der Waals surface area (Å²) in [7, 11) is 1.00. The van der Waals surface area contributed by atoms with Gasteiger partial charge in [0.25, 0.3) is 0 Å². The molecule has 0 aliphatic carbocycles. The predicted molar refractivity (Wildman–Crippen MR) is 182 cm³/mol. The summed E-state index contributed by atoms with van der Waals surface area (Å²) in [5, 5.41) is 10.6. The zero-order valence-corrected chi connectivity index (χ0v) is 27.7. The van der Waals surface area contributed by atoms with Gasteiger partial charge < -0.3 is 39.3 Å². The van der Waals surface area contributed by atoms with Crippen LogP contribution in [0.15, 0.2) is 30.3 Å². The van der Waals surface area contributed by atoms with Gasteiger partial charge in [-0.05, 0) is 85.6 Å². The monoisotopic (exact) mass is 650 g/mol. The number of rotatable bonds is 2. The zero-order valence-electron chi connectivity index (χ0n) is 27.7. The largest absolute Gasteiger partial charge is 0.445 e. The van der Waals surface area contributed by atoms with Crippen molar-refractivity contribution in [2.24, 2.45) is 0 Å². The first kappa shape index (κ1) is 41.0. The van der Waals surface area contributed by atoms with Gasteiger partial charge in [0.15, 0.2) is 0 Å². The molecule has 4 bridgehead atoms. The van der Waals surface area contributed by atoms with Gasteiger partial charge in [-0.15, -0.1) is 0 Å². The quantitative estimate of drug-likeness (QED) is 0.352. The molecule has 4 aliphatic heterocycles. The Morgan fingerprint density at radius 3 is 1.83 bits per heavy atom. The SMILES string of the molecule is C.C.CC(C)(C)OC(=O)N1CCC2CCC(C1)N2.CC(C)(C)OC(=O)N1CCC2CCC(C1)N2C(=O)OCc1ccccc1.CO. The number of fused-ring (bicyclic) bond motifs is 4. The van der Waals surface area contributed by atoms with Crippen LogP contribution in [0, 0.1) is 0 Å². The van der Waals surface area contributed by atoms with E-state index >= 15 is 0 Å². The number of likely N-dealkylation sites (tertiary alicyclic amines) is 2. The second kappa shape index (κ2) is 18.3. The normalized spacial score (nSPS) is 23.4. The van der Waals surface area contributed by atoms with E-state index in [9.17, 15) is 14.4 Å². The van der Waals surface area contributed by atoms with Gasteiger partial charge in [-0.2, -0.15) is 0 Å². The second-order valence-corrected chi connectivity index (χ2v) is 13.9. The van der Waals surface area contributed by atoms with E-state index in [1.807, 2.05) is 81.7 Å². The summed E-state index contributed by atoms with van der Waals surface area (Å²) in [5.41, 5.74) is 0.0606. The van der Waals surface area contributed by atoms with Gasteiger partial charge in [0.2, 0.25) is 0 Å². The van der Waals surface area contributed by atoms with Crippen LogP contribution in [0.2, 0.25) is 0 Å². The molecule has 11 nitrogen and oxygen atoms in total. The molecule has 1 aromatic rings. The van der Waals surface area contributed by atoms with Crippen LogP contribution in [0.25, 0.3) is 0 Å². The number of hydrogen-bond donors (Lipinski definition) is 2. The van der Waals surface area contributed by atoms with Crippen molar-refractivity contribution in [2.75, 3.05) is 33.3 Å². The Labute approximate surface area is 277 Å². The van der Waals surface area contributed by atoms with Gasteiger partial charge in [-0.25, -0.2) is 14.4 Å². The summed E-state index contributed by atoms with van der Waals surface area (Å²) in [6.07, 6.45) is 5.36. The van der Waals surface area contributed by atoms with Crippen LogP contribution in [0.4, 0.5) is 14.4 Å². The van der Waals surface area contributed by atoms with Crippen molar-refractivity contribution in [3.05, 3.63) is 35.9 Å². The Morgan fingerprint density at radius 1 is 0.717 bits per heavy atom. The topological polar surface area (TPSA) is 121 Å². The number of aliphatic hydroxyl groups excluding tert-OH is 1. The highest BCUT2D eigenvalue weighted by Crippen LogP contribution is 2.31. The summed E-state index contributed by atoms with van der Waals surface area (Å²) in [4.78, 5) is 42.4. The van der Waals surface area contributed by atoms with Gasteiger partial charge in [-0.1, -0.05) is 45.2 Å². The molecule has 1 aromatic carbocycles. The third kappa shape index (κ3) is 12.6. The minimum atomic E-state index is -0.517. The van der Waals surface area contributed by atoms with Crippen molar-refractivity contribution in [1.82, 2.24) is 20.0 Å². The van der Waals surface area contributed by atoms with E-state index in [-0.39, 0.29) is 51.8 Å². The molecule has 4 saturated heterocycles. The van der Waals surface area contributed by atoms with Crippen molar-refractivity contribution in [1.29, 1.82) is 0 Å². The fourth-order valence-electron chi connectivity index (χ4n) is 6.09. The van der Waals surface area contributed by atoms with Crippen molar-refractivity contribution >= 4 is 18.3 Å². The molecule has 46 heavy (non-hydrogen) atoms. The average molecular weight is 651 g/mol. The molecule has 0 spiro atoms. The molecule has 0 aromatic heterocycles. The summed E-state index contributed by atoms with van der Waals surface area (Å²) < 4.78 is 16.4. The van der Waals surface area contributed by atoms with E-state index < -0.39 is 11.2 Å². The van der Waals surface area contributed by atoms with Crippen molar-refractivity contribution < 1.29 is 33.7 Å². The molecule has 11 heteroatoms. The third-order valence-corrected chi connectivity index (χ3v) is 8.03. The number of carbonyl (C=O) groups excluding carboxylic acids is 3. The van der Waals surface area contributed by atoms with Crippen LogP contribution >= 0.6 is 0 Å². The molecule has 5 rings (SSSR count). The predicted octanol–water partition coefficient (Wildman–Crippen LogP) is 6.43. The highest BCUT2D eigenvalue weighted by Gasteiger charge is 2.42. The highest BCUT2D eigenvalue weighted by molar-refractivity contribution is 5.71. The summed E-state index contributed by atoms with van der Waals surface area (Å²) in [5.74, 6) is 0. The minimum absolute atomic E-state index is 0. The number of amides is 3.